The smallest absolute Gasteiger partial charge is 0.0468 e. The minimum absolute atomic E-state index is 0.0297. The summed E-state index contributed by atoms with van der Waals surface area (Å²) in [6, 6.07) is 52.2. The molecule has 9 rings (SSSR count). The normalized spacial score (nSPS) is 16.2. The summed E-state index contributed by atoms with van der Waals surface area (Å²) in [7, 11) is 0. The molecule has 0 bridgehead atoms. The number of nitrogens with zero attached hydrogens (tertiary/aromatic N) is 1. The Morgan fingerprint density at radius 2 is 0.958 bits per heavy atom. The predicted octanol–water partition coefficient (Wildman–Crippen LogP) is 13.0. The first kappa shape index (κ1) is 29.0. The van der Waals surface area contributed by atoms with Gasteiger partial charge in [0.05, 0.1) is 0 Å². The first-order chi connectivity index (χ1) is 23.1. The quantitative estimate of drug-likeness (QED) is 0.178. The van der Waals surface area contributed by atoms with E-state index in [4.69, 9.17) is 0 Å². The number of para-hydroxylation sites is 1. The lowest BCUT2D eigenvalue weighted by Crippen LogP contribution is -2.43. The van der Waals surface area contributed by atoms with Crippen LogP contribution in [0.3, 0.4) is 0 Å². The van der Waals surface area contributed by atoms with Crippen molar-refractivity contribution in [2.24, 2.45) is 0 Å². The van der Waals surface area contributed by atoms with Gasteiger partial charge >= 0.3 is 0 Å². The average molecular weight is 620 g/mol. The molecule has 2 aliphatic rings. The summed E-state index contributed by atoms with van der Waals surface area (Å²) in [6.07, 6.45) is 0. The van der Waals surface area contributed by atoms with E-state index < -0.39 is 0 Å². The van der Waals surface area contributed by atoms with Crippen LogP contribution in [0, 0.1) is 0 Å². The Morgan fingerprint density at radius 1 is 0.396 bits per heavy atom. The highest BCUT2D eigenvalue weighted by molar-refractivity contribution is 6.13. The summed E-state index contributed by atoms with van der Waals surface area (Å²) in [5.41, 5.74) is 14.4. The number of hydrogen-bond donors (Lipinski definition) is 0. The van der Waals surface area contributed by atoms with E-state index in [0.29, 0.717) is 0 Å². The number of anilines is 3. The number of rotatable bonds is 3. The Kier molecular flexibility index (Phi) is 6.01. The largest absolute Gasteiger partial charge is 0.310 e. The van der Waals surface area contributed by atoms with Gasteiger partial charge in [0.25, 0.3) is 0 Å². The molecule has 0 fully saturated rings. The standard InChI is InChI=1S/C47H41N/c1-45(2)40-18-12-10-16-36(40)38-27-24-34(29-42(38)45)48(32-14-8-7-9-15-32)33-23-26-35-31(28-33)21-20-30-22-25-39-37-17-11-13-19-41(37)46(3,4)47(5,6)44(39)43(30)35/h7-29H,1-6H3. The average Bonchev–Trinajstić information content (AvgIpc) is 3.33. The van der Waals surface area contributed by atoms with Crippen molar-refractivity contribution in [3.63, 3.8) is 0 Å². The van der Waals surface area contributed by atoms with Crippen LogP contribution in [0.4, 0.5) is 17.1 Å². The third-order valence-corrected chi connectivity index (χ3v) is 12.2. The van der Waals surface area contributed by atoms with Crippen LogP contribution < -0.4 is 4.90 Å². The molecule has 0 heterocycles. The molecule has 1 nitrogen and oxygen atoms in total. The van der Waals surface area contributed by atoms with Crippen LogP contribution in [0.15, 0.2) is 140 Å². The molecule has 1 heteroatoms. The predicted molar refractivity (Wildman–Crippen MR) is 205 cm³/mol. The zero-order valence-electron chi connectivity index (χ0n) is 28.7. The summed E-state index contributed by atoms with van der Waals surface area (Å²) in [5, 5.41) is 5.26. The van der Waals surface area contributed by atoms with Crippen molar-refractivity contribution in [3.8, 4) is 22.3 Å². The van der Waals surface area contributed by atoms with Gasteiger partial charge in [-0.15, -0.1) is 0 Å². The van der Waals surface area contributed by atoms with E-state index in [1.807, 2.05) is 0 Å². The third-order valence-electron chi connectivity index (χ3n) is 12.2. The summed E-state index contributed by atoms with van der Waals surface area (Å²) in [6.45, 7) is 14.4. The van der Waals surface area contributed by atoms with Crippen LogP contribution in [0.5, 0.6) is 0 Å². The molecule has 2 aliphatic carbocycles. The molecule has 0 atom stereocenters. The second-order valence-corrected chi connectivity index (χ2v) is 15.4. The van der Waals surface area contributed by atoms with Gasteiger partial charge in [-0.2, -0.15) is 0 Å². The zero-order valence-corrected chi connectivity index (χ0v) is 28.7. The minimum atomic E-state index is -0.0754. The SMILES string of the molecule is CC1(C)c2ccccc2-c2ccc(N(c3ccccc3)c3ccc4c(ccc5ccc6c(c54)C(C)(C)C(C)(C)c4ccccc4-6)c3)cc21. The maximum absolute atomic E-state index is 2.44. The minimum Gasteiger partial charge on any atom is -0.310 e. The Hall–Kier alpha value is -5.14. The van der Waals surface area contributed by atoms with Crippen molar-refractivity contribution in [3.05, 3.63) is 162 Å². The van der Waals surface area contributed by atoms with Crippen LogP contribution in [-0.2, 0) is 16.2 Å². The first-order valence-corrected chi connectivity index (χ1v) is 17.3. The zero-order chi connectivity index (χ0) is 33.0. The van der Waals surface area contributed by atoms with Crippen LogP contribution in [0.1, 0.15) is 63.8 Å². The van der Waals surface area contributed by atoms with Crippen molar-refractivity contribution in [2.75, 3.05) is 4.90 Å². The molecule has 0 N–H and O–H groups in total. The van der Waals surface area contributed by atoms with Gasteiger partial charge in [0.2, 0.25) is 0 Å². The third kappa shape index (κ3) is 3.85. The molecule has 48 heavy (non-hydrogen) atoms. The summed E-state index contributed by atoms with van der Waals surface area (Å²) < 4.78 is 0. The van der Waals surface area contributed by atoms with Gasteiger partial charge < -0.3 is 4.90 Å². The van der Waals surface area contributed by atoms with E-state index in [0.717, 1.165) is 11.4 Å². The van der Waals surface area contributed by atoms with Gasteiger partial charge in [-0.1, -0.05) is 145 Å². The number of hydrogen-bond acceptors (Lipinski definition) is 1. The van der Waals surface area contributed by atoms with E-state index in [1.165, 1.54) is 71.7 Å². The summed E-state index contributed by atoms with van der Waals surface area (Å²) in [5.74, 6) is 0. The highest BCUT2D eigenvalue weighted by Gasteiger charge is 2.46. The summed E-state index contributed by atoms with van der Waals surface area (Å²) >= 11 is 0. The highest BCUT2D eigenvalue weighted by atomic mass is 15.1. The van der Waals surface area contributed by atoms with E-state index in [2.05, 4.69) is 186 Å². The monoisotopic (exact) mass is 619 g/mol. The molecule has 7 aromatic carbocycles. The highest BCUT2D eigenvalue weighted by Crippen LogP contribution is 2.56. The van der Waals surface area contributed by atoms with Gasteiger partial charge in [-0.3, -0.25) is 0 Å². The molecular weight excluding hydrogens is 579 g/mol. The molecule has 0 unspecified atom stereocenters. The molecular formula is C47H41N. The molecule has 0 saturated carbocycles. The van der Waals surface area contributed by atoms with E-state index in [9.17, 15) is 0 Å². The topological polar surface area (TPSA) is 3.24 Å². The van der Waals surface area contributed by atoms with E-state index in [-0.39, 0.29) is 16.2 Å². The lowest BCUT2D eigenvalue weighted by Gasteiger charge is -2.49. The van der Waals surface area contributed by atoms with Crippen molar-refractivity contribution >= 4 is 38.6 Å². The van der Waals surface area contributed by atoms with Crippen LogP contribution >= 0.6 is 0 Å². The molecule has 0 aromatic heterocycles. The van der Waals surface area contributed by atoms with E-state index in [1.54, 1.807) is 0 Å². The van der Waals surface area contributed by atoms with Crippen molar-refractivity contribution < 1.29 is 0 Å². The summed E-state index contributed by atoms with van der Waals surface area (Å²) in [4.78, 5) is 2.42. The Morgan fingerprint density at radius 3 is 1.73 bits per heavy atom. The lowest BCUT2D eigenvalue weighted by molar-refractivity contribution is 0.301. The van der Waals surface area contributed by atoms with Crippen molar-refractivity contribution in [2.45, 2.75) is 57.8 Å². The van der Waals surface area contributed by atoms with Crippen molar-refractivity contribution in [1.29, 1.82) is 0 Å². The number of fused-ring (bicyclic) bond motifs is 10. The fourth-order valence-corrected chi connectivity index (χ4v) is 8.92. The molecule has 0 aliphatic heterocycles. The Balaban J connectivity index is 1.26. The van der Waals surface area contributed by atoms with Gasteiger partial charge in [0, 0.05) is 27.9 Å². The Labute approximate surface area is 284 Å². The molecule has 7 aromatic rings. The second-order valence-electron chi connectivity index (χ2n) is 15.4. The maximum atomic E-state index is 2.44. The van der Waals surface area contributed by atoms with Crippen LogP contribution in [0.25, 0.3) is 43.8 Å². The van der Waals surface area contributed by atoms with Gasteiger partial charge in [0.15, 0.2) is 0 Å². The molecule has 0 amide bonds. The van der Waals surface area contributed by atoms with E-state index >= 15 is 0 Å². The molecule has 234 valence electrons. The lowest BCUT2D eigenvalue weighted by atomic mass is 9.54. The van der Waals surface area contributed by atoms with Gasteiger partial charge in [0.1, 0.15) is 0 Å². The van der Waals surface area contributed by atoms with Crippen molar-refractivity contribution in [1.82, 2.24) is 0 Å². The molecule has 0 spiro atoms. The molecule has 0 radical (unpaired) electrons. The Bertz CT molecular complexity index is 2430. The molecule has 0 saturated heterocycles. The van der Waals surface area contributed by atoms with Crippen LogP contribution in [-0.4, -0.2) is 0 Å². The fraction of sp³-hybridized carbons (Fsp3) is 0.191. The van der Waals surface area contributed by atoms with Gasteiger partial charge in [-0.05, 0) is 108 Å². The fourth-order valence-electron chi connectivity index (χ4n) is 8.92. The van der Waals surface area contributed by atoms with Crippen LogP contribution in [0.2, 0.25) is 0 Å². The second kappa shape index (κ2) is 9.94. The van der Waals surface area contributed by atoms with Gasteiger partial charge in [-0.25, -0.2) is 0 Å². The first-order valence-electron chi connectivity index (χ1n) is 17.3. The number of benzene rings is 7. The maximum Gasteiger partial charge on any atom is 0.0468 e.